The van der Waals surface area contributed by atoms with Gasteiger partial charge in [0.1, 0.15) is 5.82 Å². The molecular weight excluding hydrogens is 216 g/mol. The molecule has 1 fully saturated rings. The summed E-state index contributed by atoms with van der Waals surface area (Å²) in [5.74, 6) is 1.40. The summed E-state index contributed by atoms with van der Waals surface area (Å²) in [6.07, 6.45) is 8.87. The van der Waals surface area contributed by atoms with Crippen molar-refractivity contribution < 1.29 is 0 Å². The van der Waals surface area contributed by atoms with Crippen LogP contribution in [0.15, 0.2) is 11.1 Å². The van der Waals surface area contributed by atoms with E-state index in [-0.39, 0.29) is 5.56 Å². The van der Waals surface area contributed by atoms with Crippen molar-refractivity contribution in [2.45, 2.75) is 44.4 Å². The Morgan fingerprint density at radius 1 is 1.18 bits per heavy atom. The molecule has 3 rings (SSSR count). The molecule has 0 saturated heterocycles. The lowest BCUT2D eigenvalue weighted by atomic mass is 10.00. The molecule has 2 N–H and O–H groups in total. The molecule has 0 amide bonds. The zero-order valence-electron chi connectivity index (χ0n) is 9.70. The fourth-order valence-electron chi connectivity index (χ4n) is 2.60. The number of imidazole rings is 1. The summed E-state index contributed by atoms with van der Waals surface area (Å²) >= 11 is 0. The maximum atomic E-state index is 11.6. The standard InChI is InChI=1S/C12H16N4O/c17-12-9-11(13-7-14-12)16-10(15-9)8-5-3-1-2-4-6-8/h7-8H,1-6H2,(H2,13,14,15,16,17). The van der Waals surface area contributed by atoms with Gasteiger partial charge >= 0.3 is 0 Å². The molecule has 0 aromatic carbocycles. The fourth-order valence-corrected chi connectivity index (χ4v) is 2.60. The molecular formula is C12H16N4O. The minimum atomic E-state index is -0.137. The lowest BCUT2D eigenvalue weighted by molar-refractivity contribution is 0.567. The fraction of sp³-hybridized carbons (Fsp3) is 0.583. The van der Waals surface area contributed by atoms with Crippen LogP contribution in [-0.4, -0.2) is 19.9 Å². The van der Waals surface area contributed by atoms with Gasteiger partial charge < -0.3 is 9.97 Å². The number of nitrogens with zero attached hydrogens (tertiary/aromatic N) is 2. The van der Waals surface area contributed by atoms with Crippen LogP contribution in [0.4, 0.5) is 0 Å². The molecule has 0 atom stereocenters. The Morgan fingerprint density at radius 3 is 2.65 bits per heavy atom. The molecule has 5 nitrogen and oxygen atoms in total. The first-order valence-electron chi connectivity index (χ1n) is 6.28. The summed E-state index contributed by atoms with van der Waals surface area (Å²) in [7, 11) is 0. The quantitative estimate of drug-likeness (QED) is 0.739. The Morgan fingerprint density at radius 2 is 1.94 bits per heavy atom. The molecule has 0 bridgehead atoms. The van der Waals surface area contributed by atoms with Crippen molar-refractivity contribution >= 4 is 11.2 Å². The average Bonchev–Trinajstić information content (AvgIpc) is 2.59. The second-order valence-electron chi connectivity index (χ2n) is 4.74. The number of rotatable bonds is 1. The molecule has 2 aromatic heterocycles. The largest absolute Gasteiger partial charge is 0.336 e. The Balaban J connectivity index is 1.99. The third kappa shape index (κ3) is 1.97. The van der Waals surface area contributed by atoms with Gasteiger partial charge in [-0.1, -0.05) is 25.7 Å². The van der Waals surface area contributed by atoms with E-state index in [1.165, 1.54) is 32.0 Å². The van der Waals surface area contributed by atoms with Gasteiger partial charge in [0.15, 0.2) is 11.2 Å². The normalized spacial score (nSPS) is 18.4. The van der Waals surface area contributed by atoms with Crippen LogP contribution >= 0.6 is 0 Å². The molecule has 0 radical (unpaired) electrons. The lowest BCUT2D eigenvalue weighted by Gasteiger charge is -2.09. The second kappa shape index (κ2) is 4.31. The van der Waals surface area contributed by atoms with Gasteiger partial charge in [-0.25, -0.2) is 9.97 Å². The van der Waals surface area contributed by atoms with E-state index in [4.69, 9.17) is 0 Å². The van der Waals surface area contributed by atoms with Crippen molar-refractivity contribution in [3.8, 4) is 0 Å². The highest BCUT2D eigenvalue weighted by Gasteiger charge is 2.18. The van der Waals surface area contributed by atoms with Gasteiger partial charge in [0, 0.05) is 5.92 Å². The van der Waals surface area contributed by atoms with E-state index in [9.17, 15) is 4.79 Å². The van der Waals surface area contributed by atoms with Crippen LogP contribution in [0.1, 0.15) is 50.3 Å². The van der Waals surface area contributed by atoms with Crippen molar-refractivity contribution in [3.05, 3.63) is 22.5 Å². The molecule has 1 aliphatic rings. The predicted octanol–water partition coefficient (Wildman–Crippen LogP) is 2.08. The third-order valence-electron chi connectivity index (χ3n) is 3.55. The average molecular weight is 232 g/mol. The smallest absolute Gasteiger partial charge is 0.276 e. The molecule has 1 aliphatic carbocycles. The molecule has 0 unspecified atom stereocenters. The maximum Gasteiger partial charge on any atom is 0.276 e. The van der Waals surface area contributed by atoms with E-state index in [0.717, 1.165) is 18.7 Å². The van der Waals surface area contributed by atoms with Gasteiger partial charge in [-0.2, -0.15) is 0 Å². The van der Waals surface area contributed by atoms with E-state index in [1.54, 1.807) is 0 Å². The number of aromatic amines is 2. The number of aromatic nitrogens is 4. The molecule has 0 aliphatic heterocycles. The zero-order valence-corrected chi connectivity index (χ0v) is 9.70. The van der Waals surface area contributed by atoms with Gasteiger partial charge in [0.2, 0.25) is 0 Å². The SMILES string of the molecule is O=c1[nH]cnc2nc(C3CCCCCC3)[nH]c12. The molecule has 17 heavy (non-hydrogen) atoms. The van der Waals surface area contributed by atoms with Crippen LogP contribution in [0.5, 0.6) is 0 Å². The summed E-state index contributed by atoms with van der Waals surface area (Å²) in [4.78, 5) is 25.8. The maximum absolute atomic E-state index is 11.6. The molecule has 1 saturated carbocycles. The topological polar surface area (TPSA) is 74.4 Å². The minimum Gasteiger partial charge on any atom is -0.336 e. The van der Waals surface area contributed by atoms with Gasteiger partial charge in [-0.15, -0.1) is 0 Å². The van der Waals surface area contributed by atoms with Gasteiger partial charge in [-0.05, 0) is 12.8 Å². The Bertz CT molecular complexity index is 563. The highest BCUT2D eigenvalue weighted by molar-refractivity contribution is 5.68. The van der Waals surface area contributed by atoms with E-state index < -0.39 is 0 Å². The molecule has 90 valence electrons. The first-order chi connectivity index (χ1) is 8.34. The summed E-state index contributed by atoms with van der Waals surface area (Å²) < 4.78 is 0. The van der Waals surface area contributed by atoms with E-state index in [0.29, 0.717) is 17.1 Å². The minimum absolute atomic E-state index is 0.137. The molecule has 5 heteroatoms. The van der Waals surface area contributed by atoms with Crippen molar-refractivity contribution in [1.29, 1.82) is 0 Å². The summed E-state index contributed by atoms with van der Waals surface area (Å²) in [6, 6.07) is 0. The Labute approximate surface area is 98.7 Å². The Kier molecular flexibility index (Phi) is 2.66. The third-order valence-corrected chi connectivity index (χ3v) is 3.55. The van der Waals surface area contributed by atoms with Crippen LogP contribution in [0, 0.1) is 0 Å². The summed E-state index contributed by atoms with van der Waals surface area (Å²) in [5, 5.41) is 0. The number of fused-ring (bicyclic) bond motifs is 1. The summed E-state index contributed by atoms with van der Waals surface area (Å²) in [5.41, 5.74) is 0.905. The van der Waals surface area contributed by atoms with Crippen molar-refractivity contribution in [2.24, 2.45) is 0 Å². The van der Waals surface area contributed by atoms with Crippen molar-refractivity contribution in [2.75, 3.05) is 0 Å². The molecule has 2 aromatic rings. The lowest BCUT2D eigenvalue weighted by Crippen LogP contribution is -2.06. The predicted molar refractivity (Wildman–Crippen MR) is 65.0 cm³/mol. The van der Waals surface area contributed by atoms with E-state index in [2.05, 4.69) is 19.9 Å². The first-order valence-corrected chi connectivity index (χ1v) is 6.28. The van der Waals surface area contributed by atoms with Crippen LogP contribution in [-0.2, 0) is 0 Å². The number of hydrogen-bond acceptors (Lipinski definition) is 3. The highest BCUT2D eigenvalue weighted by atomic mass is 16.1. The zero-order chi connectivity index (χ0) is 11.7. The van der Waals surface area contributed by atoms with Gasteiger partial charge in [0.25, 0.3) is 5.56 Å². The monoisotopic (exact) mass is 232 g/mol. The number of hydrogen-bond donors (Lipinski definition) is 2. The molecule has 2 heterocycles. The Hall–Kier alpha value is -1.65. The molecule has 0 spiro atoms. The second-order valence-corrected chi connectivity index (χ2v) is 4.74. The van der Waals surface area contributed by atoms with E-state index in [1.807, 2.05) is 0 Å². The van der Waals surface area contributed by atoms with Crippen LogP contribution in [0.2, 0.25) is 0 Å². The van der Waals surface area contributed by atoms with Gasteiger partial charge in [0.05, 0.1) is 6.33 Å². The van der Waals surface area contributed by atoms with Gasteiger partial charge in [-0.3, -0.25) is 4.79 Å². The highest BCUT2D eigenvalue weighted by Crippen LogP contribution is 2.30. The summed E-state index contributed by atoms with van der Waals surface area (Å²) in [6.45, 7) is 0. The van der Waals surface area contributed by atoms with Crippen molar-refractivity contribution in [3.63, 3.8) is 0 Å². The van der Waals surface area contributed by atoms with Crippen molar-refractivity contribution in [1.82, 2.24) is 19.9 Å². The van der Waals surface area contributed by atoms with E-state index >= 15 is 0 Å². The first kappa shape index (κ1) is 10.5. The van der Waals surface area contributed by atoms with Crippen LogP contribution in [0.3, 0.4) is 0 Å². The van der Waals surface area contributed by atoms with Crippen LogP contribution in [0.25, 0.3) is 11.2 Å². The number of H-pyrrole nitrogens is 2. The van der Waals surface area contributed by atoms with Crippen LogP contribution < -0.4 is 5.56 Å². The number of nitrogens with one attached hydrogen (secondary N) is 2.